The van der Waals surface area contributed by atoms with Crippen LogP contribution in [0.3, 0.4) is 0 Å². The van der Waals surface area contributed by atoms with Crippen molar-refractivity contribution in [1.82, 2.24) is 5.32 Å². The first-order valence-corrected chi connectivity index (χ1v) is 7.81. The smallest absolute Gasteiger partial charge is 0.0587 e. The van der Waals surface area contributed by atoms with Gasteiger partial charge in [-0.1, -0.05) is 55.8 Å². The number of halogens is 1. The van der Waals surface area contributed by atoms with Gasteiger partial charge in [0.1, 0.15) is 0 Å². The standard InChI is InChI=1S/C18H24ClNO/c1-18(2,10-11-20-12-13-21-3)16-8-9-17(19)15-7-5-4-6-14(15)16/h4-9,20H,10-13H2,1-3H3. The molecule has 21 heavy (non-hydrogen) atoms. The van der Waals surface area contributed by atoms with Crippen LogP contribution in [0.15, 0.2) is 36.4 Å². The van der Waals surface area contributed by atoms with Crippen molar-refractivity contribution in [2.45, 2.75) is 25.7 Å². The van der Waals surface area contributed by atoms with Crippen molar-refractivity contribution in [3.8, 4) is 0 Å². The molecule has 114 valence electrons. The molecule has 0 unspecified atom stereocenters. The summed E-state index contributed by atoms with van der Waals surface area (Å²) in [4.78, 5) is 0. The Morgan fingerprint density at radius 2 is 1.76 bits per heavy atom. The van der Waals surface area contributed by atoms with Crippen LogP contribution in [0.25, 0.3) is 10.8 Å². The molecule has 0 fully saturated rings. The van der Waals surface area contributed by atoms with Gasteiger partial charge in [0.2, 0.25) is 0 Å². The van der Waals surface area contributed by atoms with E-state index in [-0.39, 0.29) is 5.41 Å². The van der Waals surface area contributed by atoms with Gasteiger partial charge in [0, 0.05) is 24.1 Å². The molecule has 2 nitrogen and oxygen atoms in total. The van der Waals surface area contributed by atoms with E-state index in [0.717, 1.165) is 36.5 Å². The number of fused-ring (bicyclic) bond motifs is 1. The summed E-state index contributed by atoms with van der Waals surface area (Å²) in [6.07, 6.45) is 1.07. The van der Waals surface area contributed by atoms with Crippen LogP contribution >= 0.6 is 11.6 Å². The molecule has 2 rings (SSSR count). The van der Waals surface area contributed by atoms with Gasteiger partial charge in [-0.25, -0.2) is 0 Å². The van der Waals surface area contributed by atoms with Crippen molar-refractivity contribution in [2.24, 2.45) is 0 Å². The maximum Gasteiger partial charge on any atom is 0.0587 e. The van der Waals surface area contributed by atoms with Gasteiger partial charge in [-0.15, -0.1) is 0 Å². The van der Waals surface area contributed by atoms with Crippen LogP contribution in [0.1, 0.15) is 25.8 Å². The lowest BCUT2D eigenvalue weighted by Crippen LogP contribution is -2.27. The van der Waals surface area contributed by atoms with Crippen molar-refractivity contribution in [2.75, 3.05) is 26.8 Å². The predicted molar refractivity (Wildman–Crippen MR) is 91.3 cm³/mol. The van der Waals surface area contributed by atoms with Crippen molar-refractivity contribution < 1.29 is 4.74 Å². The van der Waals surface area contributed by atoms with Crippen LogP contribution in [0.5, 0.6) is 0 Å². The monoisotopic (exact) mass is 305 g/mol. The minimum atomic E-state index is 0.101. The molecule has 0 saturated carbocycles. The maximum atomic E-state index is 6.31. The fourth-order valence-electron chi connectivity index (χ4n) is 2.69. The van der Waals surface area contributed by atoms with Gasteiger partial charge < -0.3 is 10.1 Å². The second-order valence-corrected chi connectivity index (χ2v) is 6.42. The second kappa shape index (κ2) is 7.26. The lowest BCUT2D eigenvalue weighted by molar-refractivity contribution is 0.198. The molecule has 0 heterocycles. The summed E-state index contributed by atoms with van der Waals surface area (Å²) >= 11 is 6.31. The zero-order chi connectivity index (χ0) is 15.3. The highest BCUT2D eigenvalue weighted by Crippen LogP contribution is 2.35. The Bertz CT molecular complexity index is 595. The molecule has 0 aliphatic heterocycles. The molecule has 2 aromatic carbocycles. The number of benzene rings is 2. The van der Waals surface area contributed by atoms with Crippen LogP contribution in [0.4, 0.5) is 0 Å². The average Bonchev–Trinajstić information content (AvgIpc) is 2.47. The summed E-state index contributed by atoms with van der Waals surface area (Å²) in [5.74, 6) is 0. The van der Waals surface area contributed by atoms with Gasteiger partial charge in [-0.3, -0.25) is 0 Å². The quantitative estimate of drug-likeness (QED) is 0.766. The summed E-state index contributed by atoms with van der Waals surface area (Å²) in [6.45, 7) is 7.22. The minimum Gasteiger partial charge on any atom is -0.383 e. The molecule has 0 aliphatic rings. The molecule has 0 atom stereocenters. The largest absolute Gasteiger partial charge is 0.383 e. The summed E-state index contributed by atoms with van der Waals surface area (Å²) in [6, 6.07) is 12.6. The van der Waals surface area contributed by atoms with Crippen molar-refractivity contribution in [1.29, 1.82) is 0 Å². The van der Waals surface area contributed by atoms with Crippen LogP contribution in [0, 0.1) is 0 Å². The molecule has 0 amide bonds. The predicted octanol–water partition coefficient (Wildman–Crippen LogP) is 4.40. The number of nitrogens with one attached hydrogen (secondary N) is 1. The van der Waals surface area contributed by atoms with Gasteiger partial charge in [0.25, 0.3) is 0 Å². The first-order chi connectivity index (χ1) is 10.1. The number of rotatable bonds is 7. The number of hydrogen-bond acceptors (Lipinski definition) is 2. The Labute approximate surface area is 132 Å². The van der Waals surface area contributed by atoms with Crippen molar-refractivity contribution in [3.63, 3.8) is 0 Å². The van der Waals surface area contributed by atoms with E-state index < -0.39 is 0 Å². The second-order valence-electron chi connectivity index (χ2n) is 6.02. The third kappa shape index (κ3) is 3.97. The highest BCUT2D eigenvalue weighted by atomic mass is 35.5. The minimum absolute atomic E-state index is 0.101. The Kier molecular flexibility index (Phi) is 5.63. The Morgan fingerprint density at radius 1 is 1.05 bits per heavy atom. The Morgan fingerprint density at radius 3 is 2.48 bits per heavy atom. The summed E-state index contributed by atoms with van der Waals surface area (Å²) in [5, 5.41) is 6.64. The first-order valence-electron chi connectivity index (χ1n) is 7.43. The molecular weight excluding hydrogens is 282 g/mol. The highest BCUT2D eigenvalue weighted by molar-refractivity contribution is 6.35. The fraction of sp³-hybridized carbons (Fsp3) is 0.444. The third-order valence-corrected chi connectivity index (χ3v) is 4.34. The molecule has 0 spiro atoms. The zero-order valence-corrected chi connectivity index (χ0v) is 13.8. The van der Waals surface area contributed by atoms with Gasteiger partial charge in [0.05, 0.1) is 6.61 Å². The number of hydrogen-bond donors (Lipinski definition) is 1. The van der Waals surface area contributed by atoms with E-state index >= 15 is 0 Å². The van der Waals surface area contributed by atoms with E-state index in [1.54, 1.807) is 7.11 Å². The van der Waals surface area contributed by atoms with Crippen molar-refractivity contribution >= 4 is 22.4 Å². The topological polar surface area (TPSA) is 21.3 Å². The summed E-state index contributed by atoms with van der Waals surface area (Å²) in [7, 11) is 1.73. The third-order valence-electron chi connectivity index (χ3n) is 4.01. The van der Waals surface area contributed by atoms with Crippen LogP contribution in [-0.2, 0) is 10.2 Å². The Hall–Kier alpha value is -1.09. The lowest BCUT2D eigenvalue weighted by Gasteiger charge is -2.27. The molecule has 0 aromatic heterocycles. The van der Waals surface area contributed by atoms with E-state index in [1.807, 2.05) is 12.1 Å². The highest BCUT2D eigenvalue weighted by Gasteiger charge is 2.22. The molecular formula is C18H24ClNO. The molecule has 0 saturated heterocycles. The SMILES string of the molecule is COCCNCCC(C)(C)c1ccc(Cl)c2ccccc12. The average molecular weight is 306 g/mol. The fourth-order valence-corrected chi connectivity index (χ4v) is 2.92. The zero-order valence-electron chi connectivity index (χ0n) is 13.1. The maximum absolute atomic E-state index is 6.31. The first kappa shape index (κ1) is 16.3. The lowest BCUT2D eigenvalue weighted by atomic mass is 9.79. The number of ether oxygens (including phenoxy) is 1. The molecule has 3 heteroatoms. The van der Waals surface area contributed by atoms with Crippen LogP contribution in [-0.4, -0.2) is 26.8 Å². The molecule has 1 N–H and O–H groups in total. The van der Waals surface area contributed by atoms with E-state index in [9.17, 15) is 0 Å². The molecule has 0 aliphatic carbocycles. The summed E-state index contributed by atoms with van der Waals surface area (Å²) < 4.78 is 5.05. The van der Waals surface area contributed by atoms with Gasteiger partial charge >= 0.3 is 0 Å². The molecule has 2 aromatic rings. The van der Waals surface area contributed by atoms with Gasteiger partial charge in [0.15, 0.2) is 0 Å². The van der Waals surface area contributed by atoms with Gasteiger partial charge in [-0.2, -0.15) is 0 Å². The number of methoxy groups -OCH3 is 1. The van der Waals surface area contributed by atoms with E-state index in [2.05, 4.69) is 43.4 Å². The summed E-state index contributed by atoms with van der Waals surface area (Å²) in [5.41, 5.74) is 1.46. The normalized spacial score (nSPS) is 12.0. The van der Waals surface area contributed by atoms with Crippen LogP contribution < -0.4 is 5.32 Å². The van der Waals surface area contributed by atoms with E-state index in [4.69, 9.17) is 16.3 Å². The van der Waals surface area contributed by atoms with E-state index in [0.29, 0.717) is 0 Å². The van der Waals surface area contributed by atoms with Crippen molar-refractivity contribution in [3.05, 3.63) is 47.0 Å². The Balaban J connectivity index is 2.18. The van der Waals surface area contributed by atoms with E-state index in [1.165, 1.54) is 10.9 Å². The molecule has 0 radical (unpaired) electrons. The van der Waals surface area contributed by atoms with Gasteiger partial charge in [-0.05, 0) is 35.4 Å². The molecule has 0 bridgehead atoms. The van der Waals surface area contributed by atoms with Crippen LogP contribution in [0.2, 0.25) is 5.02 Å².